The predicted octanol–water partition coefficient (Wildman–Crippen LogP) is 0.837. The van der Waals surface area contributed by atoms with E-state index in [2.05, 4.69) is 31.2 Å². The highest BCUT2D eigenvalue weighted by atomic mass is 16.5. The summed E-state index contributed by atoms with van der Waals surface area (Å²) < 4.78 is 5.26. The molecular weight excluding hydrogens is 202 g/mol. The topological polar surface area (TPSA) is 55.5 Å². The second kappa shape index (κ2) is 4.53. The summed E-state index contributed by atoms with van der Waals surface area (Å²) in [5.41, 5.74) is 7.72. The Bertz CT molecular complexity index is 343. The molecule has 1 aromatic carbocycles. The van der Waals surface area contributed by atoms with Gasteiger partial charge in [0.05, 0.1) is 24.7 Å². The van der Waals surface area contributed by atoms with E-state index in [1.165, 1.54) is 5.56 Å². The van der Waals surface area contributed by atoms with Gasteiger partial charge in [0.1, 0.15) is 0 Å². The zero-order chi connectivity index (χ0) is 11.6. The second-order valence-corrected chi connectivity index (χ2v) is 4.45. The maximum Gasteiger partial charge on any atom is 0.0803 e. The standard InChI is InChI=1S/C13H19NO2/c1-2-10-3-5-11(6-4-10)13(8-16-9-13)12(15)7-14/h3-6,12,15H,2,7-9,14H2,1H3. The number of aryl methyl sites for hydroxylation is 1. The Morgan fingerprint density at radius 2 is 2.00 bits per heavy atom. The van der Waals surface area contributed by atoms with Crippen LogP contribution >= 0.6 is 0 Å². The number of aliphatic hydroxyl groups is 1. The minimum Gasteiger partial charge on any atom is -0.391 e. The maximum absolute atomic E-state index is 10.0. The largest absolute Gasteiger partial charge is 0.391 e. The number of benzene rings is 1. The van der Waals surface area contributed by atoms with Crippen molar-refractivity contribution in [3.63, 3.8) is 0 Å². The van der Waals surface area contributed by atoms with E-state index in [9.17, 15) is 5.11 Å². The van der Waals surface area contributed by atoms with Gasteiger partial charge in [-0.15, -0.1) is 0 Å². The van der Waals surface area contributed by atoms with Crippen molar-refractivity contribution in [2.24, 2.45) is 5.73 Å². The summed E-state index contributed by atoms with van der Waals surface area (Å²) in [5.74, 6) is 0. The molecule has 0 saturated carbocycles. The molecule has 0 amide bonds. The minimum atomic E-state index is -0.520. The normalized spacial score (nSPS) is 20.2. The SMILES string of the molecule is CCc1ccc(C2(C(O)CN)COC2)cc1. The molecule has 1 saturated heterocycles. The van der Waals surface area contributed by atoms with Crippen molar-refractivity contribution in [2.75, 3.05) is 19.8 Å². The number of ether oxygens (including phenoxy) is 1. The van der Waals surface area contributed by atoms with Gasteiger partial charge in [0.2, 0.25) is 0 Å². The van der Waals surface area contributed by atoms with E-state index < -0.39 is 6.10 Å². The molecule has 1 aliphatic rings. The summed E-state index contributed by atoms with van der Waals surface area (Å²) in [7, 11) is 0. The van der Waals surface area contributed by atoms with E-state index in [0.29, 0.717) is 13.2 Å². The van der Waals surface area contributed by atoms with Gasteiger partial charge in [-0.2, -0.15) is 0 Å². The van der Waals surface area contributed by atoms with Gasteiger partial charge in [-0.3, -0.25) is 0 Å². The van der Waals surface area contributed by atoms with Gasteiger partial charge in [-0.05, 0) is 17.5 Å². The summed E-state index contributed by atoms with van der Waals surface area (Å²) >= 11 is 0. The fourth-order valence-corrected chi connectivity index (χ4v) is 2.17. The number of hydrogen-bond donors (Lipinski definition) is 2. The van der Waals surface area contributed by atoms with Crippen LogP contribution in [0.25, 0.3) is 0 Å². The molecule has 1 unspecified atom stereocenters. The Balaban J connectivity index is 2.26. The van der Waals surface area contributed by atoms with E-state index in [1.807, 2.05) is 0 Å². The van der Waals surface area contributed by atoms with Crippen LogP contribution in [0.5, 0.6) is 0 Å². The minimum absolute atomic E-state index is 0.277. The molecule has 88 valence electrons. The van der Waals surface area contributed by atoms with Crippen LogP contribution in [0.15, 0.2) is 24.3 Å². The molecule has 1 aromatic rings. The average molecular weight is 221 g/mol. The molecule has 1 heterocycles. The van der Waals surface area contributed by atoms with Crippen LogP contribution in [0.1, 0.15) is 18.1 Å². The molecule has 1 fully saturated rings. The van der Waals surface area contributed by atoms with Crippen LogP contribution in [0, 0.1) is 0 Å². The first-order chi connectivity index (χ1) is 7.73. The van der Waals surface area contributed by atoms with Crippen molar-refractivity contribution in [2.45, 2.75) is 24.9 Å². The van der Waals surface area contributed by atoms with Gasteiger partial charge in [-0.25, -0.2) is 0 Å². The fourth-order valence-electron chi connectivity index (χ4n) is 2.17. The maximum atomic E-state index is 10.0. The lowest BCUT2D eigenvalue weighted by atomic mass is 9.73. The third-order valence-electron chi connectivity index (χ3n) is 3.52. The van der Waals surface area contributed by atoms with Crippen molar-refractivity contribution in [3.05, 3.63) is 35.4 Å². The third-order valence-corrected chi connectivity index (χ3v) is 3.52. The fraction of sp³-hybridized carbons (Fsp3) is 0.538. The molecule has 0 spiro atoms. The quantitative estimate of drug-likeness (QED) is 0.792. The van der Waals surface area contributed by atoms with Gasteiger partial charge < -0.3 is 15.6 Å². The lowest BCUT2D eigenvalue weighted by molar-refractivity contribution is -0.116. The van der Waals surface area contributed by atoms with Crippen LogP contribution < -0.4 is 5.73 Å². The van der Waals surface area contributed by atoms with Crippen LogP contribution in [-0.4, -0.2) is 31.0 Å². The van der Waals surface area contributed by atoms with Crippen LogP contribution in [0.3, 0.4) is 0 Å². The van der Waals surface area contributed by atoms with Gasteiger partial charge in [0, 0.05) is 6.54 Å². The Morgan fingerprint density at radius 3 is 2.38 bits per heavy atom. The Kier molecular flexibility index (Phi) is 3.28. The summed E-state index contributed by atoms with van der Waals surface area (Å²) in [6, 6.07) is 8.39. The van der Waals surface area contributed by atoms with E-state index in [1.54, 1.807) is 0 Å². The number of rotatable bonds is 4. The average Bonchev–Trinajstić information content (AvgIpc) is 2.28. The highest BCUT2D eigenvalue weighted by molar-refractivity contribution is 5.33. The zero-order valence-corrected chi connectivity index (χ0v) is 9.65. The molecule has 3 heteroatoms. The van der Waals surface area contributed by atoms with E-state index in [4.69, 9.17) is 10.5 Å². The third kappa shape index (κ3) is 1.75. The molecule has 0 aliphatic carbocycles. The lowest BCUT2D eigenvalue weighted by Gasteiger charge is -2.45. The van der Waals surface area contributed by atoms with E-state index in [-0.39, 0.29) is 12.0 Å². The first-order valence-electron chi connectivity index (χ1n) is 5.78. The molecule has 0 radical (unpaired) electrons. The molecular formula is C13H19NO2. The van der Waals surface area contributed by atoms with E-state index >= 15 is 0 Å². The number of hydrogen-bond acceptors (Lipinski definition) is 3. The number of aliphatic hydroxyl groups excluding tert-OH is 1. The first kappa shape index (κ1) is 11.6. The molecule has 0 bridgehead atoms. The van der Waals surface area contributed by atoms with Gasteiger partial charge in [0.25, 0.3) is 0 Å². The summed E-state index contributed by atoms with van der Waals surface area (Å²) in [5, 5.41) is 10.0. The smallest absolute Gasteiger partial charge is 0.0803 e. The Labute approximate surface area is 96.2 Å². The molecule has 1 atom stereocenters. The van der Waals surface area contributed by atoms with Crippen LogP contribution in [-0.2, 0) is 16.6 Å². The molecule has 2 rings (SSSR count). The molecule has 3 nitrogen and oxygen atoms in total. The van der Waals surface area contributed by atoms with E-state index in [0.717, 1.165) is 12.0 Å². The first-order valence-corrected chi connectivity index (χ1v) is 5.78. The highest BCUT2D eigenvalue weighted by Crippen LogP contribution is 2.35. The van der Waals surface area contributed by atoms with Crippen molar-refractivity contribution in [3.8, 4) is 0 Å². The lowest BCUT2D eigenvalue weighted by Crippen LogP contribution is -2.57. The summed E-state index contributed by atoms with van der Waals surface area (Å²) in [6.45, 7) is 3.54. The van der Waals surface area contributed by atoms with Crippen LogP contribution in [0.2, 0.25) is 0 Å². The monoisotopic (exact) mass is 221 g/mol. The predicted molar refractivity (Wildman–Crippen MR) is 63.4 cm³/mol. The highest BCUT2D eigenvalue weighted by Gasteiger charge is 2.45. The van der Waals surface area contributed by atoms with Crippen molar-refractivity contribution in [1.29, 1.82) is 0 Å². The summed E-state index contributed by atoms with van der Waals surface area (Å²) in [6.07, 6.45) is 0.511. The van der Waals surface area contributed by atoms with Crippen molar-refractivity contribution >= 4 is 0 Å². The molecule has 1 aliphatic heterocycles. The van der Waals surface area contributed by atoms with Crippen LogP contribution in [0.4, 0.5) is 0 Å². The zero-order valence-electron chi connectivity index (χ0n) is 9.65. The van der Waals surface area contributed by atoms with Gasteiger partial charge in [-0.1, -0.05) is 31.2 Å². The van der Waals surface area contributed by atoms with Crippen molar-refractivity contribution < 1.29 is 9.84 Å². The number of nitrogens with two attached hydrogens (primary N) is 1. The Hall–Kier alpha value is -0.900. The van der Waals surface area contributed by atoms with Gasteiger partial charge in [0.15, 0.2) is 0 Å². The summed E-state index contributed by atoms with van der Waals surface area (Å²) in [4.78, 5) is 0. The Morgan fingerprint density at radius 1 is 1.38 bits per heavy atom. The molecule has 16 heavy (non-hydrogen) atoms. The molecule has 3 N–H and O–H groups in total. The van der Waals surface area contributed by atoms with Crippen molar-refractivity contribution in [1.82, 2.24) is 0 Å². The van der Waals surface area contributed by atoms with Gasteiger partial charge >= 0.3 is 0 Å². The molecule has 0 aromatic heterocycles. The second-order valence-electron chi connectivity index (χ2n) is 4.45.